The standard InChI is InChI=1S/C18H18N4O3/c1-3-21(11-14-7-8-25-12-14)17-9-13(2)19-18(20-17)15-5-4-6-16(10-15)22(23)24/h4-10,12H,3,11H2,1-2H3. The first-order valence-corrected chi connectivity index (χ1v) is 7.93. The minimum Gasteiger partial charge on any atom is -0.472 e. The first-order chi connectivity index (χ1) is 12.1. The number of rotatable bonds is 6. The molecule has 1 aromatic carbocycles. The van der Waals surface area contributed by atoms with Crippen LogP contribution in [0.25, 0.3) is 11.4 Å². The van der Waals surface area contributed by atoms with Crippen molar-refractivity contribution in [2.75, 3.05) is 11.4 Å². The van der Waals surface area contributed by atoms with E-state index in [0.29, 0.717) is 17.9 Å². The molecule has 0 atom stereocenters. The lowest BCUT2D eigenvalue weighted by atomic mass is 10.2. The third kappa shape index (κ3) is 3.82. The molecule has 0 radical (unpaired) electrons. The molecule has 128 valence electrons. The number of benzene rings is 1. The molecule has 25 heavy (non-hydrogen) atoms. The van der Waals surface area contributed by atoms with Gasteiger partial charge in [-0.2, -0.15) is 0 Å². The van der Waals surface area contributed by atoms with Gasteiger partial charge >= 0.3 is 0 Å². The summed E-state index contributed by atoms with van der Waals surface area (Å²) in [6, 6.07) is 10.2. The van der Waals surface area contributed by atoms with Crippen molar-refractivity contribution in [1.82, 2.24) is 9.97 Å². The van der Waals surface area contributed by atoms with E-state index in [9.17, 15) is 10.1 Å². The van der Waals surface area contributed by atoms with Gasteiger partial charge in [0, 0.05) is 48.1 Å². The second-order valence-corrected chi connectivity index (χ2v) is 5.64. The zero-order valence-electron chi connectivity index (χ0n) is 14.0. The number of nitrogens with zero attached hydrogens (tertiary/aromatic N) is 4. The average molecular weight is 338 g/mol. The van der Waals surface area contributed by atoms with E-state index in [0.717, 1.165) is 23.6 Å². The number of furan rings is 1. The Morgan fingerprint density at radius 1 is 1.24 bits per heavy atom. The highest BCUT2D eigenvalue weighted by Gasteiger charge is 2.14. The first kappa shape index (κ1) is 16.6. The number of nitro benzene ring substituents is 1. The number of nitro groups is 1. The van der Waals surface area contributed by atoms with Crippen molar-refractivity contribution in [2.45, 2.75) is 20.4 Å². The van der Waals surface area contributed by atoms with E-state index in [1.54, 1.807) is 24.7 Å². The fourth-order valence-electron chi connectivity index (χ4n) is 2.56. The van der Waals surface area contributed by atoms with Crippen LogP contribution >= 0.6 is 0 Å². The molecule has 0 fully saturated rings. The van der Waals surface area contributed by atoms with Crippen LogP contribution in [-0.4, -0.2) is 21.4 Å². The van der Waals surface area contributed by atoms with Crippen molar-refractivity contribution in [3.05, 3.63) is 70.3 Å². The summed E-state index contributed by atoms with van der Waals surface area (Å²) in [5.74, 6) is 1.25. The summed E-state index contributed by atoms with van der Waals surface area (Å²) < 4.78 is 5.12. The second-order valence-electron chi connectivity index (χ2n) is 5.64. The summed E-state index contributed by atoms with van der Waals surface area (Å²) >= 11 is 0. The van der Waals surface area contributed by atoms with E-state index in [1.807, 2.05) is 26.0 Å². The number of hydrogen-bond donors (Lipinski definition) is 0. The Hall–Kier alpha value is -3.22. The van der Waals surface area contributed by atoms with Crippen LogP contribution in [0, 0.1) is 17.0 Å². The van der Waals surface area contributed by atoms with E-state index < -0.39 is 4.92 Å². The molecule has 3 rings (SSSR count). The van der Waals surface area contributed by atoms with E-state index in [2.05, 4.69) is 14.9 Å². The molecular formula is C18H18N4O3. The molecule has 2 aromatic heterocycles. The Kier molecular flexibility index (Phi) is 4.74. The number of hydrogen-bond acceptors (Lipinski definition) is 6. The second kappa shape index (κ2) is 7.12. The molecule has 0 aliphatic heterocycles. The van der Waals surface area contributed by atoms with Crippen LogP contribution in [-0.2, 0) is 6.54 Å². The highest BCUT2D eigenvalue weighted by molar-refractivity contribution is 5.61. The third-order valence-corrected chi connectivity index (χ3v) is 3.82. The summed E-state index contributed by atoms with van der Waals surface area (Å²) in [6.07, 6.45) is 3.35. The number of anilines is 1. The lowest BCUT2D eigenvalue weighted by Gasteiger charge is -2.22. The zero-order chi connectivity index (χ0) is 17.8. The highest BCUT2D eigenvalue weighted by atomic mass is 16.6. The van der Waals surface area contributed by atoms with Gasteiger partial charge in [-0.1, -0.05) is 12.1 Å². The van der Waals surface area contributed by atoms with E-state index in [1.165, 1.54) is 12.1 Å². The van der Waals surface area contributed by atoms with Crippen LogP contribution in [0.15, 0.2) is 53.3 Å². The molecule has 0 aliphatic rings. The molecule has 0 amide bonds. The maximum atomic E-state index is 11.0. The Morgan fingerprint density at radius 2 is 2.08 bits per heavy atom. The molecular weight excluding hydrogens is 320 g/mol. The van der Waals surface area contributed by atoms with Crippen molar-refractivity contribution in [3.8, 4) is 11.4 Å². The number of aromatic nitrogens is 2. The normalized spacial score (nSPS) is 10.6. The molecule has 0 bridgehead atoms. The fraction of sp³-hybridized carbons (Fsp3) is 0.222. The minimum absolute atomic E-state index is 0.0231. The van der Waals surface area contributed by atoms with Gasteiger partial charge in [0.2, 0.25) is 0 Å². The lowest BCUT2D eigenvalue weighted by Crippen LogP contribution is -2.23. The predicted molar refractivity (Wildman–Crippen MR) is 94.3 cm³/mol. The van der Waals surface area contributed by atoms with Gasteiger partial charge in [0.1, 0.15) is 5.82 Å². The molecule has 3 aromatic rings. The zero-order valence-corrected chi connectivity index (χ0v) is 14.0. The first-order valence-electron chi connectivity index (χ1n) is 7.93. The van der Waals surface area contributed by atoms with Gasteiger partial charge in [-0.25, -0.2) is 9.97 Å². The van der Waals surface area contributed by atoms with Gasteiger partial charge in [0.05, 0.1) is 17.4 Å². The third-order valence-electron chi connectivity index (χ3n) is 3.82. The molecule has 2 heterocycles. The van der Waals surface area contributed by atoms with Crippen molar-refractivity contribution >= 4 is 11.5 Å². The van der Waals surface area contributed by atoms with Crippen LogP contribution < -0.4 is 4.90 Å². The summed E-state index contributed by atoms with van der Waals surface area (Å²) in [7, 11) is 0. The van der Waals surface area contributed by atoms with Gasteiger partial charge in [-0.15, -0.1) is 0 Å². The van der Waals surface area contributed by atoms with Gasteiger partial charge < -0.3 is 9.32 Å². The largest absolute Gasteiger partial charge is 0.472 e. The molecule has 7 heteroatoms. The Balaban J connectivity index is 1.97. The smallest absolute Gasteiger partial charge is 0.270 e. The van der Waals surface area contributed by atoms with Gasteiger partial charge in [0.15, 0.2) is 5.82 Å². The van der Waals surface area contributed by atoms with E-state index >= 15 is 0 Å². The summed E-state index contributed by atoms with van der Waals surface area (Å²) in [4.78, 5) is 21.7. The predicted octanol–water partition coefficient (Wildman–Crippen LogP) is 3.98. The molecule has 0 saturated heterocycles. The van der Waals surface area contributed by atoms with E-state index in [4.69, 9.17) is 4.42 Å². The molecule has 0 N–H and O–H groups in total. The Morgan fingerprint density at radius 3 is 2.76 bits per heavy atom. The maximum absolute atomic E-state index is 11.0. The quantitative estimate of drug-likeness (QED) is 0.499. The lowest BCUT2D eigenvalue weighted by molar-refractivity contribution is -0.384. The molecule has 0 aliphatic carbocycles. The van der Waals surface area contributed by atoms with Gasteiger partial charge in [-0.3, -0.25) is 10.1 Å². The van der Waals surface area contributed by atoms with Crippen LogP contribution in [0.2, 0.25) is 0 Å². The van der Waals surface area contributed by atoms with Gasteiger partial charge in [-0.05, 0) is 19.9 Å². The minimum atomic E-state index is -0.419. The fourth-order valence-corrected chi connectivity index (χ4v) is 2.56. The molecule has 0 unspecified atom stereocenters. The van der Waals surface area contributed by atoms with Crippen molar-refractivity contribution in [1.29, 1.82) is 0 Å². The van der Waals surface area contributed by atoms with Crippen LogP contribution in [0.3, 0.4) is 0 Å². The monoisotopic (exact) mass is 338 g/mol. The van der Waals surface area contributed by atoms with Crippen LogP contribution in [0.5, 0.6) is 0 Å². The summed E-state index contributed by atoms with van der Waals surface area (Å²) in [6.45, 7) is 5.36. The van der Waals surface area contributed by atoms with Crippen molar-refractivity contribution in [2.24, 2.45) is 0 Å². The highest BCUT2D eigenvalue weighted by Crippen LogP contribution is 2.24. The van der Waals surface area contributed by atoms with Crippen molar-refractivity contribution < 1.29 is 9.34 Å². The Labute approximate surface area is 145 Å². The topological polar surface area (TPSA) is 85.3 Å². The molecule has 0 saturated carbocycles. The summed E-state index contributed by atoms with van der Waals surface area (Å²) in [5, 5.41) is 11.0. The SMILES string of the molecule is CCN(Cc1ccoc1)c1cc(C)nc(-c2cccc([N+](=O)[O-])c2)n1. The Bertz CT molecular complexity index is 878. The maximum Gasteiger partial charge on any atom is 0.270 e. The van der Waals surface area contributed by atoms with Crippen molar-refractivity contribution in [3.63, 3.8) is 0 Å². The summed E-state index contributed by atoms with van der Waals surface area (Å²) in [5.41, 5.74) is 2.50. The molecule has 7 nitrogen and oxygen atoms in total. The average Bonchev–Trinajstić information content (AvgIpc) is 3.12. The van der Waals surface area contributed by atoms with E-state index in [-0.39, 0.29) is 5.69 Å². The van der Waals surface area contributed by atoms with Gasteiger partial charge in [0.25, 0.3) is 5.69 Å². The number of non-ortho nitro benzene ring substituents is 1. The molecule has 0 spiro atoms. The van der Waals surface area contributed by atoms with Crippen LogP contribution in [0.4, 0.5) is 11.5 Å². The number of aryl methyl sites for hydroxylation is 1. The van der Waals surface area contributed by atoms with Crippen LogP contribution in [0.1, 0.15) is 18.2 Å².